The Morgan fingerprint density at radius 1 is 0.889 bits per heavy atom. The largest absolute Gasteiger partial charge is 0.411 e. The number of halogens is 4. The van der Waals surface area contributed by atoms with Crippen molar-refractivity contribution in [2.45, 2.75) is 7.47 Å². The van der Waals surface area contributed by atoms with Crippen LogP contribution in [0.1, 0.15) is 11.1 Å². The lowest BCUT2D eigenvalue weighted by Crippen LogP contribution is -2.13. The Hall–Kier alpha value is 0.0800. The summed E-state index contributed by atoms with van der Waals surface area (Å²) in [6.07, 6.45) is 0. The van der Waals surface area contributed by atoms with Gasteiger partial charge < -0.3 is 10.4 Å². The van der Waals surface area contributed by atoms with Crippen LogP contribution in [0, 0.1) is 0 Å². The normalized spacial score (nSPS) is 13.4. The summed E-state index contributed by atoms with van der Waals surface area (Å²) >= 11 is 13.1. The minimum absolute atomic E-state index is 0.275. The highest BCUT2D eigenvalue weighted by molar-refractivity contribution is 9.25. The Bertz CT molecular complexity index is 435. The molecule has 2 N–H and O–H groups in total. The Kier molecular flexibility index (Phi) is 6.83. The van der Waals surface area contributed by atoms with Crippen LogP contribution in [-0.4, -0.2) is 29.3 Å². The highest BCUT2D eigenvalue weighted by Crippen LogP contribution is 2.21. The van der Waals surface area contributed by atoms with Gasteiger partial charge in [0.05, 0.1) is 0 Å². The summed E-state index contributed by atoms with van der Waals surface area (Å²) in [5, 5.41) is 24.4. The molecule has 0 saturated carbocycles. The van der Waals surface area contributed by atoms with Crippen LogP contribution in [0.25, 0.3) is 0 Å². The van der Waals surface area contributed by atoms with Crippen LogP contribution in [0.4, 0.5) is 0 Å². The molecule has 0 aliphatic heterocycles. The molecule has 1 rings (SSSR count). The standard InChI is InChI=1S/C10H8Br4N2O2/c11-9(12)7(15-17)5-2-1-3-6(4-5)8(16-18)10(13)14/h1-4,9-10,17-18H/b15-7-,16-8-. The fraction of sp³-hybridized carbons (Fsp3) is 0.200. The minimum Gasteiger partial charge on any atom is -0.411 e. The summed E-state index contributed by atoms with van der Waals surface area (Å²) in [6.45, 7) is 0. The minimum atomic E-state index is -0.275. The molecule has 0 heterocycles. The van der Waals surface area contributed by atoms with Gasteiger partial charge in [-0.15, -0.1) is 0 Å². The van der Waals surface area contributed by atoms with Crippen molar-refractivity contribution < 1.29 is 10.4 Å². The average molecular weight is 508 g/mol. The zero-order chi connectivity index (χ0) is 13.7. The van der Waals surface area contributed by atoms with Crippen LogP contribution in [0.15, 0.2) is 34.6 Å². The lowest BCUT2D eigenvalue weighted by Gasteiger charge is -2.09. The zero-order valence-electron chi connectivity index (χ0n) is 8.76. The van der Waals surface area contributed by atoms with E-state index in [1.165, 1.54) is 0 Å². The molecule has 0 aliphatic rings. The van der Waals surface area contributed by atoms with Crippen LogP contribution in [-0.2, 0) is 0 Å². The lowest BCUT2D eigenvalue weighted by atomic mass is 10.1. The van der Waals surface area contributed by atoms with E-state index in [4.69, 9.17) is 10.4 Å². The van der Waals surface area contributed by atoms with Gasteiger partial charge in [0.15, 0.2) is 0 Å². The summed E-state index contributed by atoms with van der Waals surface area (Å²) in [7, 11) is 0. The third kappa shape index (κ3) is 4.04. The molecule has 0 bridgehead atoms. The van der Waals surface area contributed by atoms with Gasteiger partial charge in [0.25, 0.3) is 0 Å². The van der Waals surface area contributed by atoms with E-state index in [1.807, 2.05) is 0 Å². The third-order valence-corrected chi connectivity index (χ3v) is 3.82. The SMILES string of the molecule is O/N=C(/c1cccc(/C(=N/O)C(Br)Br)c1)C(Br)Br. The van der Waals surface area contributed by atoms with E-state index in [1.54, 1.807) is 24.3 Å². The first-order valence-electron chi connectivity index (χ1n) is 4.62. The number of hydrogen-bond donors (Lipinski definition) is 2. The van der Waals surface area contributed by atoms with Gasteiger partial charge in [0.1, 0.15) is 18.9 Å². The first-order chi connectivity index (χ1) is 8.51. The molecule has 0 aliphatic carbocycles. The van der Waals surface area contributed by atoms with Gasteiger partial charge in [-0.05, 0) is 6.07 Å². The lowest BCUT2D eigenvalue weighted by molar-refractivity contribution is 0.319. The molecular weight excluding hydrogens is 500 g/mol. The molecule has 1 aromatic rings. The molecule has 0 radical (unpaired) electrons. The Morgan fingerprint density at radius 3 is 1.56 bits per heavy atom. The highest BCUT2D eigenvalue weighted by atomic mass is 79.9. The molecule has 0 unspecified atom stereocenters. The number of alkyl halides is 4. The molecule has 0 saturated heterocycles. The number of hydrogen-bond acceptors (Lipinski definition) is 4. The van der Waals surface area contributed by atoms with Gasteiger partial charge in [0.2, 0.25) is 0 Å². The second-order valence-electron chi connectivity index (χ2n) is 3.15. The number of benzene rings is 1. The van der Waals surface area contributed by atoms with Crippen LogP contribution >= 0.6 is 63.7 Å². The van der Waals surface area contributed by atoms with E-state index in [9.17, 15) is 0 Å². The van der Waals surface area contributed by atoms with Crippen LogP contribution in [0.2, 0.25) is 0 Å². The summed E-state index contributed by atoms with van der Waals surface area (Å²) in [5.74, 6) is 0. The van der Waals surface area contributed by atoms with Crippen molar-refractivity contribution in [2.24, 2.45) is 10.3 Å². The molecule has 8 heteroatoms. The smallest absolute Gasteiger partial charge is 0.116 e. The van der Waals surface area contributed by atoms with Gasteiger partial charge in [-0.25, -0.2) is 0 Å². The zero-order valence-corrected chi connectivity index (χ0v) is 15.1. The second-order valence-corrected chi connectivity index (χ2v) is 9.27. The van der Waals surface area contributed by atoms with Crippen molar-refractivity contribution in [1.29, 1.82) is 0 Å². The third-order valence-electron chi connectivity index (χ3n) is 2.08. The molecule has 0 fully saturated rings. The van der Waals surface area contributed by atoms with Crippen molar-refractivity contribution >= 4 is 75.1 Å². The average Bonchev–Trinajstić information content (AvgIpc) is 2.30. The van der Waals surface area contributed by atoms with Crippen LogP contribution < -0.4 is 0 Å². The van der Waals surface area contributed by atoms with Crippen LogP contribution in [0.5, 0.6) is 0 Å². The Morgan fingerprint density at radius 2 is 1.28 bits per heavy atom. The van der Waals surface area contributed by atoms with Gasteiger partial charge in [-0.1, -0.05) is 92.2 Å². The maximum absolute atomic E-state index is 8.98. The summed E-state index contributed by atoms with van der Waals surface area (Å²) in [4.78, 5) is 0. The summed E-state index contributed by atoms with van der Waals surface area (Å²) < 4.78 is -0.549. The predicted octanol–water partition coefficient (Wildman–Crippen LogP) is 4.28. The summed E-state index contributed by atoms with van der Waals surface area (Å²) in [6, 6.07) is 7.13. The van der Waals surface area contributed by atoms with E-state index in [0.717, 1.165) is 0 Å². The maximum Gasteiger partial charge on any atom is 0.116 e. The van der Waals surface area contributed by atoms with E-state index in [2.05, 4.69) is 74.0 Å². The molecule has 0 amide bonds. The molecule has 0 spiro atoms. The predicted molar refractivity (Wildman–Crippen MR) is 86.4 cm³/mol. The van der Waals surface area contributed by atoms with Crippen molar-refractivity contribution in [3.8, 4) is 0 Å². The molecule has 0 aromatic heterocycles. The number of rotatable bonds is 4. The van der Waals surface area contributed by atoms with Gasteiger partial charge in [-0.3, -0.25) is 0 Å². The van der Waals surface area contributed by atoms with Crippen molar-refractivity contribution in [1.82, 2.24) is 0 Å². The highest BCUT2D eigenvalue weighted by Gasteiger charge is 2.16. The molecule has 4 nitrogen and oxygen atoms in total. The van der Waals surface area contributed by atoms with Gasteiger partial charge in [-0.2, -0.15) is 0 Å². The van der Waals surface area contributed by atoms with Gasteiger partial charge in [0, 0.05) is 11.1 Å². The van der Waals surface area contributed by atoms with Crippen molar-refractivity contribution in [2.75, 3.05) is 0 Å². The Balaban J connectivity index is 3.22. The molecule has 1 aromatic carbocycles. The molecule has 18 heavy (non-hydrogen) atoms. The number of oxime groups is 2. The quantitative estimate of drug-likeness (QED) is 0.277. The first-order valence-corrected chi connectivity index (χ1v) is 8.28. The van der Waals surface area contributed by atoms with Crippen LogP contribution in [0.3, 0.4) is 0 Å². The second kappa shape index (κ2) is 7.62. The van der Waals surface area contributed by atoms with Crippen molar-refractivity contribution in [3.05, 3.63) is 35.4 Å². The maximum atomic E-state index is 8.98. The Labute approximate surface area is 138 Å². The van der Waals surface area contributed by atoms with E-state index in [0.29, 0.717) is 22.6 Å². The molecule has 98 valence electrons. The fourth-order valence-electron chi connectivity index (χ4n) is 1.29. The summed E-state index contributed by atoms with van der Waals surface area (Å²) in [5.41, 5.74) is 2.26. The van der Waals surface area contributed by atoms with E-state index < -0.39 is 0 Å². The number of nitrogens with zero attached hydrogens (tertiary/aromatic N) is 2. The first kappa shape index (κ1) is 16.1. The monoisotopic (exact) mass is 504 g/mol. The van der Waals surface area contributed by atoms with Gasteiger partial charge >= 0.3 is 0 Å². The molecular formula is C10H8Br4N2O2. The topological polar surface area (TPSA) is 65.2 Å². The van der Waals surface area contributed by atoms with E-state index >= 15 is 0 Å². The fourth-order valence-corrected chi connectivity index (χ4v) is 2.72. The van der Waals surface area contributed by atoms with Crippen molar-refractivity contribution in [3.63, 3.8) is 0 Å². The van der Waals surface area contributed by atoms with E-state index in [-0.39, 0.29) is 7.47 Å². The molecule has 0 atom stereocenters.